The zero-order valence-corrected chi connectivity index (χ0v) is 9.51. The SMILES string of the molecule is COCC(O)CCNC(=O)c1ccn(C)n1. The molecule has 0 aromatic carbocycles. The molecule has 1 unspecified atom stereocenters. The number of amides is 1. The van der Waals surface area contributed by atoms with Gasteiger partial charge in [0.2, 0.25) is 0 Å². The summed E-state index contributed by atoms with van der Waals surface area (Å²) in [4.78, 5) is 11.5. The number of nitrogens with one attached hydrogen (secondary N) is 1. The zero-order valence-electron chi connectivity index (χ0n) is 9.51. The van der Waals surface area contributed by atoms with E-state index in [-0.39, 0.29) is 12.5 Å². The lowest BCUT2D eigenvalue weighted by atomic mass is 10.2. The molecule has 0 radical (unpaired) electrons. The molecule has 1 amide bonds. The largest absolute Gasteiger partial charge is 0.391 e. The Morgan fingerprint density at radius 2 is 2.50 bits per heavy atom. The first-order valence-electron chi connectivity index (χ1n) is 5.08. The van der Waals surface area contributed by atoms with E-state index in [4.69, 9.17) is 4.74 Å². The van der Waals surface area contributed by atoms with Gasteiger partial charge in [0.05, 0.1) is 12.7 Å². The Balaban J connectivity index is 2.25. The fourth-order valence-corrected chi connectivity index (χ4v) is 1.25. The molecule has 1 heterocycles. The Bertz CT molecular complexity index is 338. The number of aromatic nitrogens is 2. The fourth-order valence-electron chi connectivity index (χ4n) is 1.25. The number of ether oxygens (including phenoxy) is 1. The van der Waals surface area contributed by atoms with Crippen LogP contribution < -0.4 is 5.32 Å². The highest BCUT2D eigenvalue weighted by Crippen LogP contribution is 1.95. The van der Waals surface area contributed by atoms with Crippen LogP contribution in [0, 0.1) is 0 Å². The van der Waals surface area contributed by atoms with Crippen molar-refractivity contribution < 1.29 is 14.6 Å². The minimum atomic E-state index is -0.547. The molecular formula is C10H17N3O3. The van der Waals surface area contributed by atoms with Gasteiger partial charge in [-0.2, -0.15) is 5.10 Å². The van der Waals surface area contributed by atoms with E-state index in [1.807, 2.05) is 0 Å². The second-order valence-electron chi connectivity index (χ2n) is 3.53. The average molecular weight is 227 g/mol. The van der Waals surface area contributed by atoms with E-state index >= 15 is 0 Å². The molecule has 1 aromatic heterocycles. The van der Waals surface area contributed by atoms with E-state index in [9.17, 15) is 9.90 Å². The van der Waals surface area contributed by atoms with Gasteiger partial charge in [0, 0.05) is 26.9 Å². The second kappa shape index (κ2) is 6.24. The number of nitrogens with zero attached hydrogens (tertiary/aromatic N) is 2. The second-order valence-corrected chi connectivity index (χ2v) is 3.53. The van der Waals surface area contributed by atoms with Gasteiger partial charge in [0.15, 0.2) is 0 Å². The van der Waals surface area contributed by atoms with Crippen molar-refractivity contribution >= 4 is 5.91 Å². The highest BCUT2D eigenvalue weighted by molar-refractivity contribution is 5.92. The molecule has 0 aliphatic rings. The van der Waals surface area contributed by atoms with Crippen molar-refractivity contribution in [1.82, 2.24) is 15.1 Å². The van der Waals surface area contributed by atoms with Crippen molar-refractivity contribution in [3.05, 3.63) is 18.0 Å². The van der Waals surface area contributed by atoms with Crippen LogP contribution in [0.5, 0.6) is 0 Å². The summed E-state index contributed by atoms with van der Waals surface area (Å²) < 4.78 is 6.33. The van der Waals surface area contributed by atoms with Crippen LogP contribution in [0.25, 0.3) is 0 Å². The van der Waals surface area contributed by atoms with Gasteiger partial charge in [-0.25, -0.2) is 0 Å². The summed E-state index contributed by atoms with van der Waals surface area (Å²) in [6.07, 6.45) is 1.62. The van der Waals surface area contributed by atoms with E-state index in [0.29, 0.717) is 18.7 Å². The molecule has 2 N–H and O–H groups in total. The van der Waals surface area contributed by atoms with Crippen molar-refractivity contribution in [3.8, 4) is 0 Å². The minimum Gasteiger partial charge on any atom is -0.391 e. The highest BCUT2D eigenvalue weighted by atomic mass is 16.5. The van der Waals surface area contributed by atoms with Gasteiger partial charge in [0.25, 0.3) is 5.91 Å². The number of hydrogen-bond acceptors (Lipinski definition) is 4. The quantitative estimate of drug-likeness (QED) is 0.690. The Kier molecular flexibility index (Phi) is 4.94. The fraction of sp³-hybridized carbons (Fsp3) is 0.600. The van der Waals surface area contributed by atoms with Crippen molar-refractivity contribution in [2.75, 3.05) is 20.3 Å². The molecule has 0 fully saturated rings. The van der Waals surface area contributed by atoms with Crippen LogP contribution in [-0.4, -0.2) is 47.2 Å². The van der Waals surface area contributed by atoms with Crippen molar-refractivity contribution in [2.24, 2.45) is 7.05 Å². The van der Waals surface area contributed by atoms with E-state index < -0.39 is 6.10 Å². The third kappa shape index (κ3) is 4.00. The maximum atomic E-state index is 11.5. The van der Waals surface area contributed by atoms with Gasteiger partial charge in [-0.15, -0.1) is 0 Å². The maximum Gasteiger partial charge on any atom is 0.271 e. The summed E-state index contributed by atoms with van der Waals surface area (Å²) in [6.45, 7) is 0.680. The third-order valence-electron chi connectivity index (χ3n) is 2.07. The van der Waals surface area contributed by atoms with E-state index in [0.717, 1.165) is 0 Å². The Morgan fingerprint density at radius 1 is 1.75 bits per heavy atom. The van der Waals surface area contributed by atoms with E-state index in [1.54, 1.807) is 24.0 Å². The Morgan fingerprint density at radius 3 is 3.06 bits per heavy atom. The monoisotopic (exact) mass is 227 g/mol. The van der Waals surface area contributed by atoms with Gasteiger partial charge in [-0.05, 0) is 12.5 Å². The van der Waals surface area contributed by atoms with Gasteiger partial charge < -0.3 is 15.2 Å². The van der Waals surface area contributed by atoms with Crippen molar-refractivity contribution in [1.29, 1.82) is 0 Å². The molecule has 6 nitrogen and oxygen atoms in total. The first kappa shape index (κ1) is 12.7. The summed E-state index contributed by atoms with van der Waals surface area (Å²) in [5.74, 6) is -0.231. The molecule has 1 aromatic rings. The Hall–Kier alpha value is -1.40. The summed E-state index contributed by atoms with van der Waals surface area (Å²) in [5, 5.41) is 16.0. The minimum absolute atomic E-state index is 0.231. The molecule has 0 bridgehead atoms. The van der Waals surface area contributed by atoms with E-state index in [2.05, 4.69) is 10.4 Å². The smallest absolute Gasteiger partial charge is 0.271 e. The number of methoxy groups -OCH3 is 1. The van der Waals surface area contributed by atoms with Crippen LogP contribution in [0.1, 0.15) is 16.9 Å². The van der Waals surface area contributed by atoms with E-state index in [1.165, 1.54) is 7.11 Å². The number of rotatable bonds is 6. The first-order valence-corrected chi connectivity index (χ1v) is 5.08. The number of aryl methyl sites for hydroxylation is 1. The molecule has 0 aliphatic carbocycles. The van der Waals surface area contributed by atoms with Crippen LogP contribution in [0.4, 0.5) is 0 Å². The van der Waals surface area contributed by atoms with Crippen LogP contribution in [0.3, 0.4) is 0 Å². The molecule has 0 spiro atoms. The molecule has 0 saturated carbocycles. The number of hydrogen-bond donors (Lipinski definition) is 2. The van der Waals surface area contributed by atoms with Crippen LogP contribution in [-0.2, 0) is 11.8 Å². The number of carbonyl (C=O) groups is 1. The standard InChI is InChI=1S/C10H17N3O3/c1-13-6-4-9(12-13)10(15)11-5-3-8(14)7-16-2/h4,6,8,14H,3,5,7H2,1-2H3,(H,11,15). The van der Waals surface area contributed by atoms with Gasteiger partial charge in [0.1, 0.15) is 5.69 Å². The predicted molar refractivity (Wildman–Crippen MR) is 58.0 cm³/mol. The van der Waals surface area contributed by atoms with Crippen LogP contribution in [0.15, 0.2) is 12.3 Å². The molecule has 16 heavy (non-hydrogen) atoms. The lowest BCUT2D eigenvalue weighted by molar-refractivity contribution is 0.0587. The molecule has 1 rings (SSSR count). The average Bonchev–Trinajstić information content (AvgIpc) is 2.65. The third-order valence-corrected chi connectivity index (χ3v) is 2.07. The lowest BCUT2D eigenvalue weighted by Crippen LogP contribution is -2.28. The number of aliphatic hydroxyl groups excluding tert-OH is 1. The van der Waals surface area contributed by atoms with Crippen molar-refractivity contribution in [2.45, 2.75) is 12.5 Å². The maximum absolute atomic E-state index is 11.5. The van der Waals surface area contributed by atoms with Gasteiger partial charge in [-0.3, -0.25) is 9.48 Å². The Labute approximate surface area is 94.2 Å². The lowest BCUT2D eigenvalue weighted by Gasteiger charge is -2.09. The molecule has 90 valence electrons. The van der Waals surface area contributed by atoms with Gasteiger partial charge >= 0.3 is 0 Å². The number of carbonyl (C=O) groups excluding carboxylic acids is 1. The summed E-state index contributed by atoms with van der Waals surface area (Å²) >= 11 is 0. The van der Waals surface area contributed by atoms with Gasteiger partial charge in [-0.1, -0.05) is 0 Å². The molecule has 6 heteroatoms. The van der Waals surface area contributed by atoms with Crippen LogP contribution >= 0.6 is 0 Å². The van der Waals surface area contributed by atoms with Crippen LogP contribution in [0.2, 0.25) is 0 Å². The first-order chi connectivity index (χ1) is 7.63. The highest BCUT2D eigenvalue weighted by Gasteiger charge is 2.09. The number of aliphatic hydroxyl groups is 1. The summed E-state index contributed by atoms with van der Waals surface area (Å²) in [5.41, 5.74) is 0.378. The molecular weight excluding hydrogens is 210 g/mol. The molecule has 0 aliphatic heterocycles. The molecule has 1 atom stereocenters. The summed E-state index contributed by atoms with van der Waals surface area (Å²) in [6, 6.07) is 1.64. The predicted octanol–water partition coefficient (Wildman–Crippen LogP) is -0.453. The van der Waals surface area contributed by atoms with Crippen molar-refractivity contribution in [3.63, 3.8) is 0 Å². The summed E-state index contributed by atoms with van der Waals surface area (Å²) in [7, 11) is 3.27. The topological polar surface area (TPSA) is 76.4 Å². The molecule has 0 saturated heterocycles. The zero-order chi connectivity index (χ0) is 12.0. The normalized spacial score (nSPS) is 12.4.